The van der Waals surface area contributed by atoms with Crippen molar-refractivity contribution >= 4 is 17.5 Å². The minimum absolute atomic E-state index is 0.0730. The molecule has 1 heterocycles. The summed E-state index contributed by atoms with van der Waals surface area (Å²) in [5.41, 5.74) is 8.07. The summed E-state index contributed by atoms with van der Waals surface area (Å²) in [6.45, 7) is 1.92. The number of carbonyl (C=O) groups is 2. The van der Waals surface area contributed by atoms with Crippen LogP contribution in [0.5, 0.6) is 0 Å². The van der Waals surface area contributed by atoms with Crippen molar-refractivity contribution in [2.24, 2.45) is 5.73 Å². The Kier molecular flexibility index (Phi) is 4.51. The number of primary amides is 1. The molecule has 0 atom stereocenters. The Bertz CT molecular complexity index is 900. The average molecular weight is 336 g/mol. The zero-order valence-electron chi connectivity index (χ0n) is 13.5. The number of aromatic nitrogens is 4. The molecule has 3 N–H and O–H groups in total. The molecule has 0 aliphatic carbocycles. The first-order valence-electron chi connectivity index (χ1n) is 7.56. The molecule has 0 aliphatic rings. The van der Waals surface area contributed by atoms with Gasteiger partial charge in [0, 0.05) is 16.8 Å². The number of hydrogen-bond acceptors (Lipinski definition) is 5. The molecular weight excluding hydrogens is 320 g/mol. The number of aryl methyl sites for hydroxylation is 1. The molecule has 0 fully saturated rings. The van der Waals surface area contributed by atoms with Gasteiger partial charge in [-0.3, -0.25) is 9.59 Å². The van der Waals surface area contributed by atoms with E-state index in [1.54, 1.807) is 24.3 Å². The second-order valence-electron chi connectivity index (χ2n) is 5.50. The fourth-order valence-corrected chi connectivity index (χ4v) is 2.18. The van der Waals surface area contributed by atoms with Crippen LogP contribution in [-0.2, 0) is 11.3 Å². The van der Waals surface area contributed by atoms with E-state index in [2.05, 4.69) is 20.7 Å². The van der Waals surface area contributed by atoms with Gasteiger partial charge in [0.1, 0.15) is 6.54 Å². The molecule has 126 valence electrons. The first-order valence-corrected chi connectivity index (χ1v) is 7.56. The topological polar surface area (TPSA) is 116 Å². The largest absolute Gasteiger partial charge is 0.366 e. The number of nitrogens with two attached hydrogens (primary N) is 1. The minimum Gasteiger partial charge on any atom is -0.366 e. The van der Waals surface area contributed by atoms with Gasteiger partial charge in [-0.1, -0.05) is 29.8 Å². The molecule has 1 aromatic heterocycles. The van der Waals surface area contributed by atoms with E-state index in [0.717, 1.165) is 11.1 Å². The second-order valence-corrected chi connectivity index (χ2v) is 5.50. The van der Waals surface area contributed by atoms with E-state index < -0.39 is 5.91 Å². The van der Waals surface area contributed by atoms with Gasteiger partial charge in [-0.05, 0) is 36.4 Å². The standard InChI is InChI=1S/C17H16N6O2/c1-11-2-4-13(5-3-11)17-20-22-23(21-17)10-15(24)19-14-8-6-12(7-9-14)16(18)25/h2-9H,10H2,1H3,(H2,18,25)(H,19,24). The van der Waals surface area contributed by atoms with Crippen molar-refractivity contribution in [3.8, 4) is 11.4 Å². The summed E-state index contributed by atoms with van der Waals surface area (Å²) < 4.78 is 0. The third-order valence-corrected chi connectivity index (χ3v) is 3.50. The van der Waals surface area contributed by atoms with Crippen LogP contribution in [0.1, 0.15) is 15.9 Å². The minimum atomic E-state index is -0.520. The Morgan fingerprint density at radius 3 is 2.40 bits per heavy atom. The van der Waals surface area contributed by atoms with Crippen LogP contribution in [0, 0.1) is 6.92 Å². The van der Waals surface area contributed by atoms with Crippen molar-refractivity contribution in [3.05, 3.63) is 59.7 Å². The maximum Gasteiger partial charge on any atom is 0.248 e. The number of carbonyl (C=O) groups excluding carboxylic acids is 2. The zero-order chi connectivity index (χ0) is 17.8. The summed E-state index contributed by atoms with van der Waals surface area (Å²) in [6, 6.07) is 14.0. The monoisotopic (exact) mass is 336 g/mol. The lowest BCUT2D eigenvalue weighted by Gasteiger charge is -2.04. The number of amides is 2. The van der Waals surface area contributed by atoms with Crippen LogP contribution >= 0.6 is 0 Å². The molecule has 25 heavy (non-hydrogen) atoms. The summed E-state index contributed by atoms with van der Waals surface area (Å²) in [7, 11) is 0. The van der Waals surface area contributed by atoms with Crippen LogP contribution < -0.4 is 11.1 Å². The van der Waals surface area contributed by atoms with Gasteiger partial charge in [-0.15, -0.1) is 10.2 Å². The van der Waals surface area contributed by atoms with E-state index >= 15 is 0 Å². The number of nitrogens with zero attached hydrogens (tertiary/aromatic N) is 4. The molecule has 3 rings (SSSR count). The van der Waals surface area contributed by atoms with E-state index in [4.69, 9.17) is 5.73 Å². The molecule has 0 bridgehead atoms. The van der Waals surface area contributed by atoms with E-state index in [1.807, 2.05) is 31.2 Å². The highest BCUT2D eigenvalue weighted by atomic mass is 16.2. The van der Waals surface area contributed by atoms with Gasteiger partial charge in [-0.25, -0.2) is 0 Å². The predicted molar refractivity (Wildman–Crippen MR) is 91.6 cm³/mol. The highest BCUT2D eigenvalue weighted by Gasteiger charge is 2.10. The molecule has 8 nitrogen and oxygen atoms in total. The molecule has 0 radical (unpaired) electrons. The summed E-state index contributed by atoms with van der Waals surface area (Å²) >= 11 is 0. The lowest BCUT2D eigenvalue weighted by atomic mass is 10.1. The highest BCUT2D eigenvalue weighted by molar-refractivity contribution is 5.94. The fourth-order valence-electron chi connectivity index (χ4n) is 2.18. The first-order chi connectivity index (χ1) is 12.0. The van der Waals surface area contributed by atoms with Crippen LogP contribution in [0.15, 0.2) is 48.5 Å². The Morgan fingerprint density at radius 1 is 1.08 bits per heavy atom. The van der Waals surface area contributed by atoms with E-state index in [0.29, 0.717) is 17.1 Å². The van der Waals surface area contributed by atoms with Crippen molar-refractivity contribution in [1.82, 2.24) is 20.2 Å². The van der Waals surface area contributed by atoms with Crippen molar-refractivity contribution in [3.63, 3.8) is 0 Å². The summed E-state index contributed by atoms with van der Waals surface area (Å²) in [4.78, 5) is 24.3. The molecule has 0 unspecified atom stereocenters. The lowest BCUT2D eigenvalue weighted by Crippen LogP contribution is -2.20. The molecule has 0 aliphatic heterocycles. The molecule has 8 heteroatoms. The van der Waals surface area contributed by atoms with Gasteiger partial charge in [-0.2, -0.15) is 4.80 Å². The maximum absolute atomic E-state index is 12.1. The fraction of sp³-hybridized carbons (Fsp3) is 0.118. The van der Waals surface area contributed by atoms with Gasteiger partial charge in [0.25, 0.3) is 0 Å². The van der Waals surface area contributed by atoms with Crippen molar-refractivity contribution < 1.29 is 9.59 Å². The van der Waals surface area contributed by atoms with Gasteiger partial charge in [0.2, 0.25) is 17.6 Å². The van der Waals surface area contributed by atoms with Crippen LogP contribution in [0.4, 0.5) is 5.69 Å². The Hall–Kier alpha value is -3.55. The Labute approximate surface area is 143 Å². The molecule has 0 spiro atoms. The van der Waals surface area contributed by atoms with Crippen LogP contribution in [0.25, 0.3) is 11.4 Å². The van der Waals surface area contributed by atoms with E-state index in [9.17, 15) is 9.59 Å². The number of tetrazole rings is 1. The van der Waals surface area contributed by atoms with Gasteiger partial charge in [0.15, 0.2) is 0 Å². The Morgan fingerprint density at radius 2 is 1.76 bits per heavy atom. The van der Waals surface area contributed by atoms with Crippen molar-refractivity contribution in [1.29, 1.82) is 0 Å². The lowest BCUT2D eigenvalue weighted by molar-refractivity contribution is -0.117. The molecule has 0 saturated heterocycles. The summed E-state index contributed by atoms with van der Waals surface area (Å²) in [5.74, 6) is -0.369. The van der Waals surface area contributed by atoms with Gasteiger partial charge >= 0.3 is 0 Å². The number of hydrogen-bond donors (Lipinski definition) is 2. The second kappa shape index (κ2) is 6.91. The SMILES string of the molecule is Cc1ccc(-c2nnn(CC(=O)Nc3ccc(C(N)=O)cc3)n2)cc1. The van der Waals surface area contributed by atoms with Gasteiger partial charge in [0.05, 0.1) is 0 Å². The predicted octanol–water partition coefficient (Wildman–Crippen LogP) is 1.39. The van der Waals surface area contributed by atoms with E-state index in [1.165, 1.54) is 4.80 Å². The summed E-state index contributed by atoms with van der Waals surface area (Å²) in [6.07, 6.45) is 0. The van der Waals surface area contributed by atoms with E-state index in [-0.39, 0.29) is 12.5 Å². The number of benzene rings is 2. The Balaban J connectivity index is 1.63. The number of nitrogens with one attached hydrogen (secondary N) is 1. The summed E-state index contributed by atoms with van der Waals surface area (Å²) in [5, 5.41) is 14.7. The smallest absolute Gasteiger partial charge is 0.248 e. The van der Waals surface area contributed by atoms with Crippen molar-refractivity contribution in [2.75, 3.05) is 5.32 Å². The normalized spacial score (nSPS) is 10.4. The van der Waals surface area contributed by atoms with Crippen molar-refractivity contribution in [2.45, 2.75) is 13.5 Å². The van der Waals surface area contributed by atoms with Crippen LogP contribution in [-0.4, -0.2) is 32.0 Å². The van der Waals surface area contributed by atoms with Crippen LogP contribution in [0.2, 0.25) is 0 Å². The number of rotatable bonds is 5. The third kappa shape index (κ3) is 4.05. The molecule has 2 aromatic carbocycles. The maximum atomic E-state index is 12.1. The van der Waals surface area contributed by atoms with Crippen LogP contribution in [0.3, 0.4) is 0 Å². The first kappa shape index (κ1) is 16.3. The quantitative estimate of drug-likeness (QED) is 0.730. The zero-order valence-corrected chi connectivity index (χ0v) is 13.5. The average Bonchev–Trinajstić information content (AvgIpc) is 3.04. The van der Waals surface area contributed by atoms with Gasteiger partial charge < -0.3 is 11.1 Å². The molecular formula is C17H16N6O2. The highest BCUT2D eigenvalue weighted by Crippen LogP contribution is 2.14. The third-order valence-electron chi connectivity index (χ3n) is 3.50. The molecule has 3 aromatic rings. The number of anilines is 1. The molecule has 2 amide bonds. The molecule has 0 saturated carbocycles.